The van der Waals surface area contributed by atoms with Crippen LogP contribution in [-0.4, -0.2) is 23.1 Å². The second-order valence-corrected chi connectivity index (χ2v) is 3.05. The molecule has 78 valence electrons. The topological polar surface area (TPSA) is 87.0 Å². The lowest BCUT2D eigenvalue weighted by molar-refractivity contribution is 0.332. The predicted octanol–water partition coefficient (Wildman–Crippen LogP) is 0.549. The second kappa shape index (κ2) is 4.10. The van der Waals surface area contributed by atoms with E-state index in [1.54, 1.807) is 0 Å². The van der Waals surface area contributed by atoms with Crippen LogP contribution in [0.3, 0.4) is 0 Å². The van der Waals surface area contributed by atoms with Gasteiger partial charge in [-0.3, -0.25) is 0 Å². The number of anilines is 1. The normalized spacial score (nSPS) is 10.5. The highest BCUT2D eigenvalue weighted by atomic mass is 16.5. The summed E-state index contributed by atoms with van der Waals surface area (Å²) in [5.74, 6) is 1.10. The van der Waals surface area contributed by atoms with Crippen molar-refractivity contribution < 1.29 is 4.74 Å². The van der Waals surface area contributed by atoms with Gasteiger partial charge in [-0.25, -0.2) is 9.97 Å². The average molecular weight is 204 g/mol. The first-order valence-corrected chi connectivity index (χ1v) is 4.65. The second-order valence-electron chi connectivity index (χ2n) is 3.05. The molecule has 0 fully saturated rings. The third kappa shape index (κ3) is 1.82. The molecule has 0 saturated heterocycles. The molecule has 0 bridgehead atoms. The first-order chi connectivity index (χ1) is 7.33. The van der Waals surface area contributed by atoms with Gasteiger partial charge in [0.2, 0.25) is 0 Å². The summed E-state index contributed by atoms with van der Waals surface area (Å²) < 4.78 is 5.46. The first kappa shape index (κ1) is 9.67. The van der Waals surface area contributed by atoms with Crippen molar-refractivity contribution in [3.8, 4) is 5.75 Å². The molecule has 4 N–H and O–H groups in total. The van der Waals surface area contributed by atoms with Crippen molar-refractivity contribution in [2.75, 3.05) is 18.9 Å². The lowest BCUT2D eigenvalue weighted by atomic mass is 10.2. The summed E-state index contributed by atoms with van der Waals surface area (Å²) in [4.78, 5) is 8.04. The van der Waals surface area contributed by atoms with Gasteiger partial charge in [-0.1, -0.05) is 6.07 Å². The molecular weight excluding hydrogens is 192 g/mol. The number of ether oxygens (including phenoxy) is 1. The highest BCUT2D eigenvalue weighted by molar-refractivity contribution is 5.93. The van der Waals surface area contributed by atoms with E-state index in [2.05, 4.69) is 9.97 Å². The Hall–Kier alpha value is -1.88. The molecule has 1 aromatic heterocycles. The quantitative estimate of drug-likeness (QED) is 0.762. The van der Waals surface area contributed by atoms with E-state index < -0.39 is 0 Å². The van der Waals surface area contributed by atoms with Gasteiger partial charge in [0.25, 0.3) is 0 Å². The molecule has 2 aromatic rings. The number of hydrogen-bond donors (Lipinski definition) is 2. The van der Waals surface area contributed by atoms with Crippen LogP contribution in [0.1, 0.15) is 0 Å². The van der Waals surface area contributed by atoms with Crippen molar-refractivity contribution in [3.05, 3.63) is 24.5 Å². The molecule has 5 nitrogen and oxygen atoms in total. The minimum Gasteiger partial charge on any atom is -0.491 e. The Labute approximate surface area is 87.1 Å². The molecule has 5 heteroatoms. The zero-order valence-corrected chi connectivity index (χ0v) is 8.18. The number of nitrogen functional groups attached to an aromatic ring is 1. The van der Waals surface area contributed by atoms with E-state index >= 15 is 0 Å². The van der Waals surface area contributed by atoms with Crippen LogP contribution < -0.4 is 16.2 Å². The van der Waals surface area contributed by atoms with E-state index in [1.165, 1.54) is 6.33 Å². The summed E-state index contributed by atoms with van der Waals surface area (Å²) in [5.41, 5.74) is 11.9. The molecule has 0 saturated carbocycles. The van der Waals surface area contributed by atoms with Crippen molar-refractivity contribution in [1.29, 1.82) is 0 Å². The Morgan fingerprint density at radius 3 is 2.93 bits per heavy atom. The summed E-state index contributed by atoms with van der Waals surface area (Å²) in [5, 5.41) is 0.744. The minimum absolute atomic E-state index is 0.424. The van der Waals surface area contributed by atoms with Crippen LogP contribution in [0.4, 0.5) is 5.82 Å². The Balaban J connectivity index is 2.53. The maximum Gasteiger partial charge on any atom is 0.138 e. The molecule has 0 unspecified atom stereocenters. The SMILES string of the molecule is NCCOc1cccc2ncnc(N)c12. The average Bonchev–Trinajstić information content (AvgIpc) is 2.26. The highest BCUT2D eigenvalue weighted by Crippen LogP contribution is 2.27. The summed E-state index contributed by atoms with van der Waals surface area (Å²) in [7, 11) is 0. The van der Waals surface area contributed by atoms with E-state index in [-0.39, 0.29) is 0 Å². The zero-order valence-electron chi connectivity index (χ0n) is 8.18. The maximum atomic E-state index is 5.77. The summed E-state index contributed by atoms with van der Waals surface area (Å²) in [6.45, 7) is 0.914. The van der Waals surface area contributed by atoms with Gasteiger partial charge < -0.3 is 16.2 Å². The van der Waals surface area contributed by atoms with E-state index in [0.29, 0.717) is 24.7 Å². The number of rotatable bonds is 3. The number of nitrogens with zero attached hydrogens (tertiary/aromatic N) is 2. The van der Waals surface area contributed by atoms with E-state index in [1.807, 2.05) is 18.2 Å². The molecule has 0 spiro atoms. The number of benzene rings is 1. The van der Waals surface area contributed by atoms with Crippen LogP contribution in [-0.2, 0) is 0 Å². The van der Waals surface area contributed by atoms with Gasteiger partial charge >= 0.3 is 0 Å². The standard InChI is InChI=1S/C10H12N4O/c11-4-5-15-8-3-1-2-7-9(8)10(12)14-6-13-7/h1-3,6H,4-5,11H2,(H2,12,13,14). The Morgan fingerprint density at radius 1 is 1.27 bits per heavy atom. The Morgan fingerprint density at radius 2 is 2.13 bits per heavy atom. The fourth-order valence-corrected chi connectivity index (χ4v) is 1.39. The van der Waals surface area contributed by atoms with Gasteiger partial charge in [0, 0.05) is 6.54 Å². The summed E-state index contributed by atoms with van der Waals surface area (Å²) >= 11 is 0. The Bertz CT molecular complexity index is 467. The molecule has 1 aromatic carbocycles. The molecule has 0 amide bonds. The predicted molar refractivity (Wildman–Crippen MR) is 58.5 cm³/mol. The largest absolute Gasteiger partial charge is 0.491 e. The third-order valence-electron chi connectivity index (χ3n) is 2.03. The molecule has 0 atom stereocenters. The molecule has 15 heavy (non-hydrogen) atoms. The molecule has 0 aliphatic carbocycles. The number of fused-ring (bicyclic) bond motifs is 1. The first-order valence-electron chi connectivity index (χ1n) is 4.65. The van der Waals surface area contributed by atoms with Gasteiger partial charge in [0.1, 0.15) is 24.5 Å². The van der Waals surface area contributed by atoms with Gasteiger partial charge in [0.05, 0.1) is 10.9 Å². The number of aromatic nitrogens is 2. The summed E-state index contributed by atoms with van der Waals surface area (Å²) in [6, 6.07) is 5.56. The van der Waals surface area contributed by atoms with E-state index in [4.69, 9.17) is 16.2 Å². The highest BCUT2D eigenvalue weighted by Gasteiger charge is 2.06. The Kier molecular flexibility index (Phi) is 2.64. The fraction of sp³-hybridized carbons (Fsp3) is 0.200. The minimum atomic E-state index is 0.424. The van der Waals surface area contributed by atoms with E-state index in [9.17, 15) is 0 Å². The lowest BCUT2D eigenvalue weighted by Gasteiger charge is -2.08. The zero-order chi connectivity index (χ0) is 10.7. The summed E-state index contributed by atoms with van der Waals surface area (Å²) in [6.07, 6.45) is 1.43. The lowest BCUT2D eigenvalue weighted by Crippen LogP contribution is -2.11. The molecule has 0 radical (unpaired) electrons. The van der Waals surface area contributed by atoms with Gasteiger partial charge in [-0.2, -0.15) is 0 Å². The smallest absolute Gasteiger partial charge is 0.138 e. The van der Waals surface area contributed by atoms with Crippen LogP contribution >= 0.6 is 0 Å². The maximum absolute atomic E-state index is 5.77. The van der Waals surface area contributed by atoms with Gasteiger partial charge in [-0.05, 0) is 12.1 Å². The van der Waals surface area contributed by atoms with Crippen molar-refractivity contribution >= 4 is 16.7 Å². The third-order valence-corrected chi connectivity index (χ3v) is 2.03. The number of nitrogens with two attached hydrogens (primary N) is 2. The van der Waals surface area contributed by atoms with Crippen molar-refractivity contribution in [2.45, 2.75) is 0 Å². The molecule has 1 heterocycles. The van der Waals surface area contributed by atoms with Crippen LogP contribution in [0.25, 0.3) is 10.9 Å². The van der Waals surface area contributed by atoms with E-state index in [0.717, 1.165) is 10.9 Å². The molecule has 2 rings (SSSR count). The fourth-order valence-electron chi connectivity index (χ4n) is 1.39. The van der Waals surface area contributed by atoms with Crippen molar-refractivity contribution in [3.63, 3.8) is 0 Å². The molecule has 0 aliphatic rings. The van der Waals surface area contributed by atoms with Crippen molar-refractivity contribution in [1.82, 2.24) is 9.97 Å². The molecule has 0 aliphatic heterocycles. The number of hydrogen-bond acceptors (Lipinski definition) is 5. The van der Waals surface area contributed by atoms with Gasteiger partial charge in [-0.15, -0.1) is 0 Å². The van der Waals surface area contributed by atoms with Crippen LogP contribution in [0, 0.1) is 0 Å². The molecular formula is C10H12N4O. The van der Waals surface area contributed by atoms with Crippen LogP contribution in [0.2, 0.25) is 0 Å². The van der Waals surface area contributed by atoms with Crippen LogP contribution in [0.15, 0.2) is 24.5 Å². The van der Waals surface area contributed by atoms with Crippen LogP contribution in [0.5, 0.6) is 5.75 Å². The van der Waals surface area contributed by atoms with Gasteiger partial charge in [0.15, 0.2) is 0 Å². The monoisotopic (exact) mass is 204 g/mol. The van der Waals surface area contributed by atoms with Crippen molar-refractivity contribution in [2.24, 2.45) is 5.73 Å².